The molecule has 0 bridgehead atoms. The van der Waals surface area contributed by atoms with Crippen molar-refractivity contribution in [3.8, 4) is 17.0 Å². The lowest BCUT2D eigenvalue weighted by atomic mass is 9.77. The fraction of sp³-hybridized carbons (Fsp3) is 0.364. The molecule has 5 nitrogen and oxygen atoms in total. The molecule has 2 aliphatic rings. The van der Waals surface area contributed by atoms with Crippen molar-refractivity contribution >= 4 is 16.6 Å². The monoisotopic (exact) mass is 361 g/mol. The minimum atomic E-state index is -0.586. The summed E-state index contributed by atoms with van der Waals surface area (Å²) in [6, 6.07) is 12.3. The van der Waals surface area contributed by atoms with Crippen LogP contribution in [-0.2, 0) is 12.8 Å². The molecule has 1 heterocycles. The molecule has 0 spiro atoms. The molecule has 1 saturated carbocycles. The zero-order valence-corrected chi connectivity index (χ0v) is 15.4. The van der Waals surface area contributed by atoms with Crippen LogP contribution in [0, 0.1) is 0 Å². The first-order chi connectivity index (χ1) is 13.0. The second-order valence-corrected chi connectivity index (χ2v) is 8.14. The smallest absolute Gasteiger partial charge is 0.156 e. The molecule has 0 radical (unpaired) electrons. The summed E-state index contributed by atoms with van der Waals surface area (Å²) in [5.41, 5.74) is 3.17. The number of fused-ring (bicyclic) bond motifs is 2. The van der Waals surface area contributed by atoms with Crippen molar-refractivity contribution in [2.45, 2.75) is 50.7 Å². The normalized spacial score (nSPS) is 23.9. The topological polar surface area (TPSA) is 78.3 Å². The number of hydrogen-bond donors (Lipinski definition) is 3. The van der Waals surface area contributed by atoms with E-state index < -0.39 is 5.60 Å². The number of rotatable bonds is 3. The highest BCUT2D eigenvalue weighted by Crippen LogP contribution is 2.41. The number of nitrogens with one attached hydrogen (secondary N) is 1. The highest BCUT2D eigenvalue weighted by atomic mass is 16.3. The van der Waals surface area contributed by atoms with Crippen LogP contribution in [0.5, 0.6) is 5.75 Å². The van der Waals surface area contributed by atoms with Crippen LogP contribution in [0.25, 0.3) is 22.0 Å². The van der Waals surface area contributed by atoms with E-state index >= 15 is 0 Å². The number of aromatic hydroxyl groups is 1. The highest BCUT2D eigenvalue weighted by Gasteiger charge is 2.38. The maximum Gasteiger partial charge on any atom is 0.156 e. The van der Waals surface area contributed by atoms with Crippen molar-refractivity contribution in [2.24, 2.45) is 0 Å². The average molecular weight is 361 g/mol. The average Bonchev–Trinajstić information content (AvgIpc) is 3.11. The maximum atomic E-state index is 10.8. The Morgan fingerprint density at radius 3 is 2.59 bits per heavy atom. The Labute approximate surface area is 158 Å². The molecular weight excluding hydrogens is 338 g/mol. The van der Waals surface area contributed by atoms with Crippen LogP contribution in [0.2, 0.25) is 0 Å². The van der Waals surface area contributed by atoms with Gasteiger partial charge in [0.2, 0.25) is 0 Å². The lowest BCUT2D eigenvalue weighted by Gasteiger charge is -2.41. The van der Waals surface area contributed by atoms with Gasteiger partial charge >= 0.3 is 0 Å². The predicted octanol–water partition coefficient (Wildman–Crippen LogP) is 3.82. The van der Waals surface area contributed by atoms with Crippen molar-refractivity contribution < 1.29 is 10.2 Å². The SMILES string of the molecule is C[C@]1(O)C[C@@H](Nc2nnc(-c3ccc4c(c3O)CCC4)c3ccccc23)C1. The minimum Gasteiger partial charge on any atom is -0.507 e. The molecule has 0 aliphatic heterocycles. The van der Waals surface area contributed by atoms with Gasteiger partial charge in [-0.1, -0.05) is 30.3 Å². The lowest BCUT2D eigenvalue weighted by molar-refractivity contribution is -0.0235. The number of benzene rings is 2. The molecule has 138 valence electrons. The number of phenolic OH excluding ortho intramolecular Hbond substituents is 1. The van der Waals surface area contributed by atoms with Crippen LogP contribution in [0.4, 0.5) is 5.82 Å². The maximum absolute atomic E-state index is 10.8. The summed E-state index contributed by atoms with van der Waals surface area (Å²) >= 11 is 0. The molecule has 2 aliphatic carbocycles. The Morgan fingerprint density at radius 1 is 1.04 bits per heavy atom. The summed E-state index contributed by atoms with van der Waals surface area (Å²) in [7, 11) is 0. The van der Waals surface area contributed by atoms with Gasteiger partial charge in [0.25, 0.3) is 0 Å². The number of aromatic nitrogens is 2. The third kappa shape index (κ3) is 2.73. The number of aryl methyl sites for hydroxylation is 1. The second kappa shape index (κ2) is 5.92. The van der Waals surface area contributed by atoms with E-state index in [4.69, 9.17) is 0 Å². The predicted molar refractivity (Wildman–Crippen MR) is 106 cm³/mol. The minimum absolute atomic E-state index is 0.206. The molecule has 5 rings (SSSR count). The zero-order chi connectivity index (χ0) is 18.6. The fourth-order valence-electron chi connectivity index (χ4n) is 4.54. The van der Waals surface area contributed by atoms with E-state index in [9.17, 15) is 10.2 Å². The molecule has 3 N–H and O–H groups in total. The molecule has 0 unspecified atom stereocenters. The van der Waals surface area contributed by atoms with E-state index in [-0.39, 0.29) is 6.04 Å². The van der Waals surface area contributed by atoms with Crippen LogP contribution >= 0.6 is 0 Å². The van der Waals surface area contributed by atoms with Gasteiger partial charge in [0, 0.05) is 22.4 Å². The Hall–Kier alpha value is -2.66. The van der Waals surface area contributed by atoms with Crippen LogP contribution < -0.4 is 5.32 Å². The van der Waals surface area contributed by atoms with Gasteiger partial charge in [-0.15, -0.1) is 10.2 Å². The van der Waals surface area contributed by atoms with Gasteiger partial charge in [0.15, 0.2) is 5.82 Å². The molecule has 3 aromatic rings. The summed E-state index contributed by atoms with van der Waals surface area (Å²) in [6.45, 7) is 1.86. The number of phenols is 1. The number of aliphatic hydroxyl groups is 1. The molecule has 0 atom stereocenters. The summed E-state index contributed by atoms with van der Waals surface area (Å²) in [5, 5.41) is 35.1. The first kappa shape index (κ1) is 16.5. The third-order valence-electron chi connectivity index (χ3n) is 5.91. The lowest BCUT2D eigenvalue weighted by Crippen LogP contribution is -2.48. The van der Waals surface area contributed by atoms with Gasteiger partial charge in [-0.3, -0.25) is 0 Å². The Kier molecular flexibility index (Phi) is 3.62. The summed E-state index contributed by atoms with van der Waals surface area (Å²) in [6.07, 6.45) is 4.45. The Balaban J connectivity index is 1.58. The van der Waals surface area contributed by atoms with Crippen LogP contribution in [0.3, 0.4) is 0 Å². The molecule has 0 saturated heterocycles. The zero-order valence-electron chi connectivity index (χ0n) is 15.4. The molecule has 2 aromatic carbocycles. The summed E-state index contributed by atoms with van der Waals surface area (Å²) < 4.78 is 0. The Bertz CT molecular complexity index is 1040. The first-order valence-electron chi connectivity index (χ1n) is 9.60. The van der Waals surface area contributed by atoms with E-state index in [1.165, 1.54) is 5.56 Å². The van der Waals surface area contributed by atoms with Gasteiger partial charge in [-0.2, -0.15) is 0 Å². The van der Waals surface area contributed by atoms with E-state index in [1.807, 2.05) is 37.3 Å². The molecular formula is C22H23N3O2. The highest BCUT2D eigenvalue weighted by molar-refractivity contribution is 6.01. The van der Waals surface area contributed by atoms with Crippen molar-refractivity contribution in [1.29, 1.82) is 0 Å². The fourth-order valence-corrected chi connectivity index (χ4v) is 4.54. The summed E-state index contributed by atoms with van der Waals surface area (Å²) in [4.78, 5) is 0. The van der Waals surface area contributed by atoms with Crippen molar-refractivity contribution in [2.75, 3.05) is 5.32 Å². The van der Waals surface area contributed by atoms with Crippen LogP contribution in [0.1, 0.15) is 37.3 Å². The van der Waals surface area contributed by atoms with Gasteiger partial charge in [0.05, 0.1) is 5.60 Å². The summed E-state index contributed by atoms with van der Waals surface area (Å²) in [5.74, 6) is 1.08. The van der Waals surface area contributed by atoms with Gasteiger partial charge in [0.1, 0.15) is 11.4 Å². The van der Waals surface area contributed by atoms with Crippen molar-refractivity contribution in [1.82, 2.24) is 10.2 Å². The van der Waals surface area contributed by atoms with E-state index in [1.54, 1.807) is 0 Å². The number of hydrogen-bond acceptors (Lipinski definition) is 5. The van der Waals surface area contributed by atoms with E-state index in [0.717, 1.165) is 47.0 Å². The van der Waals surface area contributed by atoms with Gasteiger partial charge < -0.3 is 15.5 Å². The molecule has 5 heteroatoms. The quantitative estimate of drug-likeness (QED) is 0.661. The number of anilines is 1. The molecule has 0 amide bonds. The molecule has 1 fully saturated rings. The molecule has 1 aromatic heterocycles. The Morgan fingerprint density at radius 2 is 1.81 bits per heavy atom. The van der Waals surface area contributed by atoms with Gasteiger partial charge in [-0.25, -0.2) is 0 Å². The number of nitrogens with zero attached hydrogens (tertiary/aromatic N) is 2. The van der Waals surface area contributed by atoms with Crippen LogP contribution in [-0.4, -0.2) is 32.1 Å². The largest absolute Gasteiger partial charge is 0.507 e. The third-order valence-corrected chi connectivity index (χ3v) is 5.91. The van der Waals surface area contributed by atoms with Crippen molar-refractivity contribution in [3.05, 3.63) is 47.5 Å². The molecule has 27 heavy (non-hydrogen) atoms. The first-order valence-corrected chi connectivity index (χ1v) is 9.60. The van der Waals surface area contributed by atoms with E-state index in [0.29, 0.717) is 24.3 Å². The van der Waals surface area contributed by atoms with E-state index in [2.05, 4.69) is 21.6 Å². The van der Waals surface area contributed by atoms with Crippen LogP contribution in [0.15, 0.2) is 36.4 Å². The second-order valence-electron chi connectivity index (χ2n) is 8.14. The van der Waals surface area contributed by atoms with Gasteiger partial charge in [-0.05, 0) is 56.2 Å². The standard InChI is InChI=1S/C22H23N3O2/c1-22(27)11-14(12-22)23-21-17-7-3-2-6-16(17)19(24-25-21)18-10-9-13-5-4-8-15(13)20(18)26/h2-3,6-7,9-10,14,26-27H,4-5,8,11-12H2,1H3,(H,23,25)/t14-,22+. The van der Waals surface area contributed by atoms with Crippen molar-refractivity contribution in [3.63, 3.8) is 0 Å².